The highest BCUT2D eigenvalue weighted by atomic mass is 19.4. The van der Waals surface area contributed by atoms with E-state index in [1.54, 1.807) is 17.9 Å². The molecule has 1 aromatic rings. The van der Waals surface area contributed by atoms with Crippen LogP contribution in [0.4, 0.5) is 19.0 Å². The normalized spacial score (nSPS) is 17.0. The van der Waals surface area contributed by atoms with Gasteiger partial charge in [-0.3, -0.25) is 4.90 Å². The number of hydrogen-bond donors (Lipinski definition) is 1. The minimum atomic E-state index is -4.21. The monoisotopic (exact) mass is 303 g/mol. The number of hydrogen-bond acceptors (Lipinski definition) is 4. The number of anilines is 1. The van der Waals surface area contributed by atoms with Crippen molar-refractivity contribution in [3.05, 3.63) is 23.4 Å². The van der Waals surface area contributed by atoms with E-state index in [-0.39, 0.29) is 18.7 Å². The van der Waals surface area contributed by atoms with Gasteiger partial charge in [-0.05, 0) is 19.1 Å². The zero-order valence-electron chi connectivity index (χ0n) is 11.5. The first-order valence-corrected chi connectivity index (χ1v) is 6.51. The van der Waals surface area contributed by atoms with Crippen LogP contribution in [0.1, 0.15) is 16.1 Å². The Morgan fingerprint density at radius 1 is 1.29 bits per heavy atom. The molecule has 0 aromatic carbocycles. The average molecular weight is 303 g/mol. The van der Waals surface area contributed by atoms with Crippen LogP contribution in [-0.2, 0) is 0 Å². The summed E-state index contributed by atoms with van der Waals surface area (Å²) in [4.78, 5) is 18.5. The first-order chi connectivity index (χ1) is 9.76. The Morgan fingerprint density at radius 3 is 2.43 bits per heavy atom. The lowest BCUT2D eigenvalue weighted by Crippen LogP contribution is -2.49. The van der Waals surface area contributed by atoms with Crippen LogP contribution < -0.4 is 4.90 Å². The van der Waals surface area contributed by atoms with Crippen molar-refractivity contribution >= 4 is 11.8 Å². The van der Waals surface area contributed by atoms with Crippen molar-refractivity contribution in [3.63, 3.8) is 0 Å². The van der Waals surface area contributed by atoms with Crippen molar-refractivity contribution in [1.29, 1.82) is 0 Å². The third-order valence-corrected chi connectivity index (χ3v) is 3.32. The maximum Gasteiger partial charge on any atom is 0.401 e. The second-order valence-corrected chi connectivity index (χ2v) is 5.01. The van der Waals surface area contributed by atoms with Gasteiger partial charge >= 0.3 is 12.1 Å². The van der Waals surface area contributed by atoms with Crippen molar-refractivity contribution in [1.82, 2.24) is 9.88 Å². The highest BCUT2D eigenvalue weighted by Crippen LogP contribution is 2.22. The van der Waals surface area contributed by atoms with Crippen molar-refractivity contribution in [2.45, 2.75) is 13.1 Å². The van der Waals surface area contributed by atoms with E-state index in [0.717, 1.165) is 0 Å². The van der Waals surface area contributed by atoms with Crippen LogP contribution in [-0.4, -0.2) is 59.9 Å². The average Bonchev–Trinajstić information content (AvgIpc) is 2.37. The van der Waals surface area contributed by atoms with E-state index in [1.807, 2.05) is 0 Å². The number of aromatic nitrogens is 1. The number of aryl methyl sites for hydroxylation is 1. The van der Waals surface area contributed by atoms with Gasteiger partial charge in [-0.2, -0.15) is 13.2 Å². The summed E-state index contributed by atoms with van der Waals surface area (Å²) in [5, 5.41) is 9.17. The summed E-state index contributed by atoms with van der Waals surface area (Å²) >= 11 is 0. The van der Waals surface area contributed by atoms with Gasteiger partial charge in [-0.25, -0.2) is 9.78 Å². The Bertz CT molecular complexity index is 526. The molecule has 0 atom stereocenters. The predicted molar refractivity (Wildman–Crippen MR) is 70.6 cm³/mol. The molecule has 0 bridgehead atoms. The van der Waals surface area contributed by atoms with E-state index < -0.39 is 18.7 Å². The molecule has 1 aromatic heterocycles. The number of pyridine rings is 1. The molecule has 2 rings (SSSR count). The van der Waals surface area contributed by atoms with E-state index in [9.17, 15) is 18.0 Å². The summed E-state index contributed by atoms with van der Waals surface area (Å²) in [5.41, 5.74) is 0.748. The maximum absolute atomic E-state index is 12.3. The second kappa shape index (κ2) is 5.88. The molecule has 8 heteroatoms. The maximum atomic E-state index is 12.3. The van der Waals surface area contributed by atoms with Crippen LogP contribution in [0, 0.1) is 6.92 Å². The van der Waals surface area contributed by atoms with Gasteiger partial charge in [0, 0.05) is 31.9 Å². The Morgan fingerprint density at radius 2 is 1.90 bits per heavy atom. The fourth-order valence-electron chi connectivity index (χ4n) is 2.32. The Labute approximate surface area is 120 Å². The fourth-order valence-corrected chi connectivity index (χ4v) is 2.32. The number of halogens is 3. The Hall–Kier alpha value is -1.83. The highest BCUT2D eigenvalue weighted by Gasteiger charge is 2.32. The molecule has 2 heterocycles. The number of carboxylic acid groups (broad SMARTS) is 1. The van der Waals surface area contributed by atoms with E-state index in [4.69, 9.17) is 5.11 Å². The molecule has 0 spiro atoms. The number of nitrogens with zero attached hydrogens (tertiary/aromatic N) is 3. The van der Waals surface area contributed by atoms with Gasteiger partial charge in [0.2, 0.25) is 0 Å². The van der Waals surface area contributed by atoms with Crippen molar-refractivity contribution in [2.75, 3.05) is 37.6 Å². The molecule has 0 unspecified atom stereocenters. The highest BCUT2D eigenvalue weighted by molar-refractivity contribution is 5.93. The van der Waals surface area contributed by atoms with E-state index >= 15 is 0 Å². The number of rotatable bonds is 3. The van der Waals surface area contributed by atoms with Crippen LogP contribution in [0.5, 0.6) is 0 Å². The van der Waals surface area contributed by atoms with Crippen LogP contribution in [0.2, 0.25) is 0 Å². The summed E-state index contributed by atoms with van der Waals surface area (Å²) < 4.78 is 37.0. The van der Waals surface area contributed by atoms with Crippen LogP contribution >= 0.6 is 0 Å². The Balaban J connectivity index is 2.09. The lowest BCUT2D eigenvalue weighted by molar-refractivity contribution is -0.146. The second-order valence-electron chi connectivity index (χ2n) is 5.01. The number of piperazine rings is 1. The zero-order valence-corrected chi connectivity index (χ0v) is 11.5. The summed E-state index contributed by atoms with van der Waals surface area (Å²) in [7, 11) is 0. The van der Waals surface area contributed by atoms with Crippen molar-refractivity contribution < 1.29 is 23.1 Å². The van der Waals surface area contributed by atoms with Gasteiger partial charge in [-0.1, -0.05) is 0 Å². The van der Waals surface area contributed by atoms with E-state index in [0.29, 0.717) is 24.6 Å². The van der Waals surface area contributed by atoms with Crippen LogP contribution in [0.15, 0.2) is 12.1 Å². The Kier molecular flexibility index (Phi) is 4.36. The number of carboxylic acids is 1. The van der Waals surface area contributed by atoms with Gasteiger partial charge in [0.25, 0.3) is 0 Å². The third-order valence-electron chi connectivity index (χ3n) is 3.32. The van der Waals surface area contributed by atoms with Gasteiger partial charge < -0.3 is 10.0 Å². The minimum Gasteiger partial charge on any atom is -0.478 e. The largest absolute Gasteiger partial charge is 0.478 e. The minimum absolute atomic E-state index is 0.0740. The summed E-state index contributed by atoms with van der Waals surface area (Å²) in [6.45, 7) is 1.92. The molecule has 21 heavy (non-hydrogen) atoms. The molecule has 5 nitrogen and oxygen atoms in total. The van der Waals surface area contributed by atoms with Crippen molar-refractivity contribution in [3.8, 4) is 0 Å². The fraction of sp³-hybridized carbons (Fsp3) is 0.538. The lowest BCUT2D eigenvalue weighted by Gasteiger charge is -2.36. The molecule has 0 aliphatic carbocycles. The molecule has 0 amide bonds. The SMILES string of the molecule is Cc1ccc(C(=O)O)c(N2CCN(CC(F)(F)F)CC2)n1. The smallest absolute Gasteiger partial charge is 0.401 e. The summed E-state index contributed by atoms with van der Waals surface area (Å²) in [5.74, 6) is -0.760. The van der Waals surface area contributed by atoms with Gasteiger partial charge in [-0.15, -0.1) is 0 Å². The molecule has 1 aliphatic heterocycles. The van der Waals surface area contributed by atoms with E-state index in [1.165, 1.54) is 11.0 Å². The molecule has 1 aliphatic rings. The molecule has 1 fully saturated rings. The molecular weight excluding hydrogens is 287 g/mol. The van der Waals surface area contributed by atoms with Crippen LogP contribution in [0.25, 0.3) is 0 Å². The first-order valence-electron chi connectivity index (χ1n) is 6.51. The molecule has 0 radical (unpaired) electrons. The van der Waals surface area contributed by atoms with Crippen LogP contribution in [0.3, 0.4) is 0 Å². The van der Waals surface area contributed by atoms with Crippen molar-refractivity contribution in [2.24, 2.45) is 0 Å². The molecule has 1 N–H and O–H groups in total. The quantitative estimate of drug-likeness (QED) is 0.922. The van der Waals surface area contributed by atoms with Gasteiger partial charge in [0.15, 0.2) is 0 Å². The van der Waals surface area contributed by atoms with Gasteiger partial charge in [0.1, 0.15) is 11.4 Å². The summed E-state index contributed by atoms with van der Waals surface area (Å²) in [6.07, 6.45) is -4.21. The molecular formula is C13H16F3N3O2. The molecule has 116 valence electrons. The van der Waals surface area contributed by atoms with Gasteiger partial charge in [0.05, 0.1) is 6.54 Å². The molecule has 0 saturated carbocycles. The number of aromatic carboxylic acids is 1. The predicted octanol–water partition coefficient (Wildman–Crippen LogP) is 1.77. The summed E-state index contributed by atoms with van der Waals surface area (Å²) in [6, 6.07) is 3.08. The molecule has 1 saturated heterocycles. The van der Waals surface area contributed by atoms with E-state index in [2.05, 4.69) is 4.98 Å². The standard InChI is InChI=1S/C13H16F3N3O2/c1-9-2-3-10(12(20)21)11(17-9)19-6-4-18(5-7-19)8-13(14,15)16/h2-3H,4-8H2,1H3,(H,20,21). The third kappa shape index (κ3) is 4.07. The number of alkyl halides is 3. The topological polar surface area (TPSA) is 56.7 Å². The number of carbonyl (C=O) groups is 1. The lowest BCUT2D eigenvalue weighted by atomic mass is 10.2. The zero-order chi connectivity index (χ0) is 15.6. The first kappa shape index (κ1) is 15.6.